The second-order valence-electron chi connectivity index (χ2n) is 6.33. The molecule has 1 aromatic heterocycles. The molecule has 4 heteroatoms. The van der Waals surface area contributed by atoms with Crippen LogP contribution < -0.4 is 0 Å². The zero-order valence-corrected chi connectivity index (χ0v) is 13.2. The molecule has 1 heterocycles. The molecule has 0 bridgehead atoms. The molecule has 4 nitrogen and oxygen atoms in total. The number of hydrogen-bond acceptors (Lipinski definition) is 3. The number of aromatic nitrogens is 3. The molecule has 0 spiro atoms. The van der Waals surface area contributed by atoms with Crippen molar-refractivity contribution in [3.05, 3.63) is 41.2 Å². The van der Waals surface area contributed by atoms with Gasteiger partial charge in [-0.05, 0) is 43.4 Å². The Hall–Kier alpha value is -1.97. The molecule has 22 heavy (non-hydrogen) atoms. The Morgan fingerprint density at radius 1 is 1.27 bits per heavy atom. The third-order valence-corrected chi connectivity index (χ3v) is 4.67. The normalized spacial score (nSPS) is 15.9. The minimum absolute atomic E-state index is 0.484. The molecule has 0 aliphatic heterocycles. The molecule has 1 aliphatic carbocycles. The number of carbonyl (C=O) groups is 1. The van der Waals surface area contributed by atoms with Gasteiger partial charge >= 0.3 is 0 Å². The van der Waals surface area contributed by atoms with E-state index in [0.29, 0.717) is 5.69 Å². The number of aryl methyl sites for hydroxylation is 1. The highest BCUT2D eigenvalue weighted by Crippen LogP contribution is 2.28. The van der Waals surface area contributed by atoms with E-state index in [1.807, 2.05) is 16.8 Å². The summed E-state index contributed by atoms with van der Waals surface area (Å²) in [5.41, 5.74) is 3.60. The number of nitrogens with zero attached hydrogens (tertiary/aromatic N) is 3. The maximum Gasteiger partial charge on any atom is 0.172 e. The van der Waals surface area contributed by atoms with Crippen molar-refractivity contribution >= 4 is 6.29 Å². The van der Waals surface area contributed by atoms with Gasteiger partial charge in [-0.2, -0.15) is 0 Å². The van der Waals surface area contributed by atoms with Gasteiger partial charge in [-0.3, -0.25) is 4.79 Å². The molecule has 0 N–H and O–H groups in total. The second-order valence-corrected chi connectivity index (χ2v) is 6.33. The minimum Gasteiger partial charge on any atom is -0.296 e. The van der Waals surface area contributed by atoms with E-state index in [4.69, 9.17) is 0 Å². The Morgan fingerprint density at radius 2 is 2.09 bits per heavy atom. The van der Waals surface area contributed by atoms with Gasteiger partial charge in [0.05, 0.1) is 11.4 Å². The van der Waals surface area contributed by atoms with Gasteiger partial charge in [-0.25, -0.2) is 4.68 Å². The van der Waals surface area contributed by atoms with Crippen LogP contribution in [0.2, 0.25) is 0 Å². The van der Waals surface area contributed by atoms with Crippen molar-refractivity contribution in [3.8, 4) is 5.69 Å². The predicted molar refractivity (Wildman–Crippen MR) is 86.4 cm³/mol. The second kappa shape index (κ2) is 6.86. The zero-order chi connectivity index (χ0) is 15.4. The van der Waals surface area contributed by atoms with Crippen molar-refractivity contribution in [2.75, 3.05) is 0 Å². The SMILES string of the molecule is Cc1cccc(-n2nnc(C=O)c2CCC2CCCCC2)c1. The number of aldehydes is 1. The predicted octanol–water partition coefficient (Wildman–Crippen LogP) is 3.90. The first-order valence-electron chi connectivity index (χ1n) is 8.24. The molecular formula is C18H23N3O. The number of carbonyl (C=O) groups excluding carboxylic acids is 1. The van der Waals surface area contributed by atoms with Crippen molar-refractivity contribution in [3.63, 3.8) is 0 Å². The van der Waals surface area contributed by atoms with E-state index < -0.39 is 0 Å². The largest absolute Gasteiger partial charge is 0.296 e. The first kappa shape index (κ1) is 14.9. The lowest BCUT2D eigenvalue weighted by Gasteiger charge is -2.21. The van der Waals surface area contributed by atoms with Crippen molar-refractivity contribution in [1.29, 1.82) is 0 Å². The molecule has 1 fully saturated rings. The van der Waals surface area contributed by atoms with Gasteiger partial charge in [-0.1, -0.05) is 49.5 Å². The summed E-state index contributed by atoms with van der Waals surface area (Å²) in [6.45, 7) is 2.06. The van der Waals surface area contributed by atoms with Crippen LogP contribution in [0.3, 0.4) is 0 Å². The van der Waals surface area contributed by atoms with Crippen LogP contribution in [0.4, 0.5) is 0 Å². The highest BCUT2D eigenvalue weighted by molar-refractivity contribution is 5.73. The Kier molecular flexibility index (Phi) is 4.66. The van der Waals surface area contributed by atoms with Crippen molar-refractivity contribution < 1.29 is 4.79 Å². The molecule has 116 valence electrons. The van der Waals surface area contributed by atoms with E-state index in [0.717, 1.165) is 36.4 Å². The van der Waals surface area contributed by atoms with E-state index in [1.54, 1.807) is 0 Å². The summed E-state index contributed by atoms with van der Waals surface area (Å²) in [4.78, 5) is 11.3. The molecule has 0 amide bonds. The van der Waals surface area contributed by atoms with Gasteiger partial charge in [0.2, 0.25) is 0 Å². The van der Waals surface area contributed by atoms with Crippen LogP contribution in [0, 0.1) is 12.8 Å². The maximum absolute atomic E-state index is 11.3. The van der Waals surface area contributed by atoms with E-state index in [2.05, 4.69) is 29.4 Å². The molecule has 1 aromatic carbocycles. The monoisotopic (exact) mass is 297 g/mol. The summed E-state index contributed by atoms with van der Waals surface area (Å²) >= 11 is 0. The minimum atomic E-state index is 0.484. The van der Waals surface area contributed by atoms with Crippen LogP contribution in [0.25, 0.3) is 5.69 Å². The number of hydrogen-bond donors (Lipinski definition) is 0. The summed E-state index contributed by atoms with van der Waals surface area (Å²) in [5, 5.41) is 8.25. The molecule has 0 radical (unpaired) electrons. The summed E-state index contributed by atoms with van der Waals surface area (Å²) in [7, 11) is 0. The van der Waals surface area contributed by atoms with Gasteiger partial charge in [0, 0.05) is 0 Å². The number of benzene rings is 1. The fourth-order valence-corrected chi connectivity index (χ4v) is 3.42. The first-order chi connectivity index (χ1) is 10.8. The topological polar surface area (TPSA) is 47.8 Å². The fourth-order valence-electron chi connectivity index (χ4n) is 3.42. The van der Waals surface area contributed by atoms with E-state index in [1.165, 1.54) is 37.7 Å². The Labute approximate surface area is 131 Å². The summed E-state index contributed by atoms with van der Waals surface area (Å²) in [5.74, 6) is 0.786. The van der Waals surface area contributed by atoms with Gasteiger partial charge in [0.15, 0.2) is 6.29 Å². The van der Waals surface area contributed by atoms with Crippen LogP contribution in [-0.4, -0.2) is 21.3 Å². The van der Waals surface area contributed by atoms with Crippen LogP contribution in [0.5, 0.6) is 0 Å². The molecule has 3 rings (SSSR count). The Bertz CT molecular complexity index is 642. The van der Waals surface area contributed by atoms with Crippen molar-refractivity contribution in [2.24, 2.45) is 5.92 Å². The molecule has 0 atom stereocenters. The van der Waals surface area contributed by atoms with Gasteiger partial charge in [0.1, 0.15) is 5.69 Å². The Balaban J connectivity index is 1.82. The standard InChI is InChI=1S/C18H23N3O/c1-14-6-5-9-16(12-14)21-18(17(13-22)19-20-21)11-10-15-7-3-2-4-8-15/h5-6,9,12-13,15H,2-4,7-8,10-11H2,1H3. The van der Waals surface area contributed by atoms with Gasteiger partial charge in [0.25, 0.3) is 0 Å². The van der Waals surface area contributed by atoms with Crippen molar-refractivity contribution in [2.45, 2.75) is 51.9 Å². The summed E-state index contributed by atoms with van der Waals surface area (Å²) < 4.78 is 1.83. The van der Waals surface area contributed by atoms with Crippen LogP contribution in [-0.2, 0) is 6.42 Å². The summed E-state index contributed by atoms with van der Waals surface area (Å²) in [6, 6.07) is 8.16. The number of rotatable bonds is 5. The smallest absolute Gasteiger partial charge is 0.172 e. The lowest BCUT2D eigenvalue weighted by atomic mass is 9.85. The third kappa shape index (κ3) is 3.26. The van der Waals surface area contributed by atoms with Gasteiger partial charge in [-0.15, -0.1) is 5.10 Å². The van der Waals surface area contributed by atoms with Crippen LogP contribution in [0.1, 0.15) is 60.3 Å². The van der Waals surface area contributed by atoms with Gasteiger partial charge < -0.3 is 0 Å². The molecule has 0 saturated heterocycles. The van der Waals surface area contributed by atoms with E-state index >= 15 is 0 Å². The quantitative estimate of drug-likeness (QED) is 0.786. The van der Waals surface area contributed by atoms with Crippen molar-refractivity contribution in [1.82, 2.24) is 15.0 Å². The van der Waals surface area contributed by atoms with E-state index in [9.17, 15) is 4.79 Å². The van der Waals surface area contributed by atoms with Crippen LogP contribution >= 0.6 is 0 Å². The molecule has 2 aromatic rings. The zero-order valence-electron chi connectivity index (χ0n) is 13.2. The maximum atomic E-state index is 11.3. The molecule has 1 aliphatic rings. The third-order valence-electron chi connectivity index (χ3n) is 4.67. The highest BCUT2D eigenvalue weighted by Gasteiger charge is 2.18. The summed E-state index contributed by atoms with van der Waals surface area (Å²) in [6.07, 6.45) is 9.54. The Morgan fingerprint density at radius 3 is 2.82 bits per heavy atom. The lowest BCUT2D eigenvalue weighted by molar-refractivity contribution is 0.111. The highest BCUT2D eigenvalue weighted by atomic mass is 16.1. The molecular weight excluding hydrogens is 274 g/mol. The fraction of sp³-hybridized carbons (Fsp3) is 0.500. The average Bonchev–Trinajstić information content (AvgIpc) is 2.97. The first-order valence-corrected chi connectivity index (χ1v) is 8.24. The molecule has 0 unspecified atom stereocenters. The molecule has 1 saturated carbocycles. The van der Waals surface area contributed by atoms with Crippen LogP contribution in [0.15, 0.2) is 24.3 Å². The average molecular weight is 297 g/mol. The lowest BCUT2D eigenvalue weighted by Crippen LogP contribution is -2.10. The van der Waals surface area contributed by atoms with E-state index in [-0.39, 0.29) is 0 Å².